The Balaban J connectivity index is 1.52. The number of ketones is 1. The van der Waals surface area contributed by atoms with Crippen molar-refractivity contribution >= 4 is 68.1 Å². The fourth-order valence-corrected chi connectivity index (χ4v) is 5.66. The number of hydrogen-bond acceptors (Lipinski definition) is 3. The van der Waals surface area contributed by atoms with E-state index >= 15 is 0 Å². The Bertz CT molecular complexity index is 1360. The lowest BCUT2D eigenvalue weighted by Gasteiger charge is -2.10. The van der Waals surface area contributed by atoms with Gasteiger partial charge in [-0.1, -0.05) is 17.7 Å². The Morgan fingerprint density at radius 2 is 1.78 bits per heavy atom. The zero-order valence-corrected chi connectivity index (χ0v) is 22.2. The number of Topliss-reactive ketones (excluding diaryl/α,β-unsaturated/α-hetero) is 1. The van der Waals surface area contributed by atoms with Crippen LogP contribution in [0.1, 0.15) is 27.4 Å². The topological polar surface area (TPSA) is 55.4 Å². The minimum absolute atomic E-state index is 0.000300. The third-order valence-electron chi connectivity index (χ3n) is 5.82. The number of alkyl halides is 2. The van der Waals surface area contributed by atoms with E-state index < -0.39 is 45.3 Å². The molecule has 36 heavy (non-hydrogen) atoms. The maximum atomic E-state index is 14.4. The van der Waals surface area contributed by atoms with Crippen molar-refractivity contribution in [3.05, 3.63) is 92.2 Å². The summed E-state index contributed by atoms with van der Waals surface area (Å²) >= 11 is 22.1. The number of amides is 1. The van der Waals surface area contributed by atoms with E-state index in [1.165, 1.54) is 37.4 Å². The Morgan fingerprint density at radius 1 is 1.06 bits per heavy atom. The molecule has 2 unspecified atom stereocenters. The van der Waals surface area contributed by atoms with Crippen LogP contribution in [0.25, 0.3) is 0 Å². The Hall–Kier alpha value is -2.26. The van der Waals surface area contributed by atoms with Crippen LogP contribution in [0.3, 0.4) is 0 Å². The van der Waals surface area contributed by atoms with Crippen molar-refractivity contribution < 1.29 is 27.5 Å². The number of halogens is 7. The molecule has 1 amide bonds. The van der Waals surface area contributed by atoms with Gasteiger partial charge in [-0.15, -0.1) is 23.2 Å². The first-order valence-corrected chi connectivity index (χ1v) is 12.3. The number of benzene rings is 3. The van der Waals surface area contributed by atoms with Crippen LogP contribution < -0.4 is 10.1 Å². The summed E-state index contributed by atoms with van der Waals surface area (Å²) < 4.78 is 45.3. The van der Waals surface area contributed by atoms with E-state index in [4.69, 9.17) is 39.5 Å². The van der Waals surface area contributed by atoms with Gasteiger partial charge in [-0.3, -0.25) is 9.59 Å². The number of methoxy groups -OCH3 is 1. The summed E-state index contributed by atoms with van der Waals surface area (Å²) in [4.78, 5) is 25.8. The molecule has 0 spiro atoms. The summed E-state index contributed by atoms with van der Waals surface area (Å²) in [6, 6.07) is 9.91. The average Bonchev–Trinajstić information content (AvgIpc) is 3.38. The maximum Gasteiger partial charge on any atom is 0.231 e. The first-order valence-electron chi connectivity index (χ1n) is 10.4. The molecule has 0 aromatic heterocycles. The van der Waals surface area contributed by atoms with Crippen molar-refractivity contribution in [1.82, 2.24) is 0 Å². The third kappa shape index (κ3) is 5.23. The Kier molecular flexibility index (Phi) is 7.62. The molecule has 3 aromatic carbocycles. The fraction of sp³-hybridized carbons (Fsp3) is 0.200. The van der Waals surface area contributed by atoms with Gasteiger partial charge in [0.2, 0.25) is 5.91 Å². The fourth-order valence-electron chi connectivity index (χ4n) is 3.99. The molecular formula is C25H16BrCl3F3NO3. The highest BCUT2D eigenvalue weighted by Crippen LogP contribution is 2.65. The molecule has 188 valence electrons. The summed E-state index contributed by atoms with van der Waals surface area (Å²) in [6.45, 7) is 0. The second-order valence-corrected chi connectivity index (χ2v) is 10.9. The number of ether oxygens (including phenoxy) is 1. The molecule has 11 heteroatoms. The molecule has 0 aliphatic heterocycles. The van der Waals surface area contributed by atoms with Crippen molar-refractivity contribution in [3.8, 4) is 5.75 Å². The second-order valence-electron chi connectivity index (χ2n) is 8.17. The highest BCUT2D eigenvalue weighted by molar-refractivity contribution is 9.10. The second kappa shape index (κ2) is 10.2. The zero-order chi connectivity index (χ0) is 26.4. The zero-order valence-electron chi connectivity index (χ0n) is 18.4. The summed E-state index contributed by atoms with van der Waals surface area (Å²) in [7, 11) is 1.32. The van der Waals surface area contributed by atoms with E-state index in [0.717, 1.165) is 6.07 Å². The molecule has 1 saturated carbocycles. The van der Waals surface area contributed by atoms with E-state index in [9.17, 15) is 22.8 Å². The number of carbonyl (C=O) groups excluding carboxylic acids is 2. The van der Waals surface area contributed by atoms with Crippen molar-refractivity contribution in [2.75, 3.05) is 12.4 Å². The van der Waals surface area contributed by atoms with Gasteiger partial charge in [0.1, 0.15) is 16.0 Å². The summed E-state index contributed by atoms with van der Waals surface area (Å²) in [5, 5.41) is 2.73. The van der Waals surface area contributed by atoms with Gasteiger partial charge in [0.05, 0.1) is 22.5 Å². The van der Waals surface area contributed by atoms with Crippen LogP contribution in [0.2, 0.25) is 5.02 Å². The number of carbonyl (C=O) groups is 2. The monoisotopic (exact) mass is 619 g/mol. The van der Waals surface area contributed by atoms with E-state index in [-0.39, 0.29) is 34.0 Å². The number of rotatable bonds is 7. The van der Waals surface area contributed by atoms with Gasteiger partial charge in [0.25, 0.3) is 0 Å². The lowest BCUT2D eigenvalue weighted by Crippen LogP contribution is -2.17. The summed E-state index contributed by atoms with van der Waals surface area (Å²) in [5.41, 5.74) is 0.664. The van der Waals surface area contributed by atoms with Crippen LogP contribution >= 0.6 is 50.7 Å². The minimum Gasteiger partial charge on any atom is -0.492 e. The molecule has 3 aromatic rings. The van der Waals surface area contributed by atoms with Crippen LogP contribution in [0, 0.1) is 23.4 Å². The van der Waals surface area contributed by atoms with Crippen molar-refractivity contribution in [2.45, 2.75) is 16.7 Å². The predicted molar refractivity (Wildman–Crippen MR) is 136 cm³/mol. The Morgan fingerprint density at radius 3 is 2.42 bits per heavy atom. The number of anilines is 1. The first kappa shape index (κ1) is 26.8. The molecule has 1 fully saturated rings. The molecule has 2 atom stereocenters. The van der Waals surface area contributed by atoms with Crippen LogP contribution in [-0.4, -0.2) is 23.1 Å². The molecule has 0 saturated heterocycles. The van der Waals surface area contributed by atoms with Gasteiger partial charge in [0, 0.05) is 29.7 Å². The van der Waals surface area contributed by atoms with Crippen molar-refractivity contribution in [1.29, 1.82) is 0 Å². The average molecular weight is 622 g/mol. The highest BCUT2D eigenvalue weighted by Gasteiger charge is 2.67. The normalized spacial score (nSPS) is 18.0. The number of hydrogen-bond donors (Lipinski definition) is 1. The van der Waals surface area contributed by atoms with Gasteiger partial charge >= 0.3 is 0 Å². The minimum atomic E-state index is -1.49. The molecule has 4 rings (SSSR count). The van der Waals surface area contributed by atoms with Crippen LogP contribution in [0.15, 0.2) is 53.0 Å². The van der Waals surface area contributed by atoms with Gasteiger partial charge < -0.3 is 10.1 Å². The van der Waals surface area contributed by atoms with Gasteiger partial charge in [0.15, 0.2) is 17.3 Å². The lowest BCUT2D eigenvalue weighted by atomic mass is 10.0. The van der Waals surface area contributed by atoms with Crippen LogP contribution in [0.4, 0.5) is 18.9 Å². The molecule has 1 aliphatic rings. The predicted octanol–water partition coefficient (Wildman–Crippen LogP) is 7.48. The van der Waals surface area contributed by atoms with Gasteiger partial charge in [-0.2, -0.15) is 0 Å². The molecule has 0 radical (unpaired) electrons. The van der Waals surface area contributed by atoms with Gasteiger partial charge in [-0.05, 0) is 63.5 Å². The maximum absolute atomic E-state index is 14.4. The molecule has 1 N–H and O–H groups in total. The Labute approximate surface area is 227 Å². The molecule has 4 nitrogen and oxygen atoms in total. The third-order valence-corrected chi connectivity index (χ3v) is 7.68. The smallest absolute Gasteiger partial charge is 0.231 e. The molecule has 0 heterocycles. The van der Waals surface area contributed by atoms with E-state index in [1.54, 1.807) is 6.07 Å². The standard InChI is InChI=1S/C25H16BrCl3F3NO3/c1-36-23-16(26)6-12(7-19(23)32)21-22(25(21,28)29)24(35)33-14-4-5-17(27)15(10-14)20(34)8-11-2-3-13(30)9-18(11)31/h2-7,9-10,21-22H,8H2,1H3,(H,33,35). The molecule has 1 aliphatic carbocycles. The largest absolute Gasteiger partial charge is 0.492 e. The van der Waals surface area contributed by atoms with Gasteiger partial charge in [-0.25, -0.2) is 13.2 Å². The summed E-state index contributed by atoms with van der Waals surface area (Å²) in [5.74, 6) is -4.95. The number of nitrogens with one attached hydrogen (secondary N) is 1. The van der Waals surface area contributed by atoms with E-state index in [0.29, 0.717) is 16.1 Å². The first-order chi connectivity index (χ1) is 16.9. The summed E-state index contributed by atoms with van der Waals surface area (Å²) in [6.07, 6.45) is -0.363. The SMILES string of the molecule is COc1c(F)cc(C2C(C(=O)Nc3ccc(Cl)c(C(=O)Cc4ccc(F)cc4F)c3)C2(Cl)Cl)cc1Br. The van der Waals surface area contributed by atoms with Crippen molar-refractivity contribution in [3.63, 3.8) is 0 Å². The van der Waals surface area contributed by atoms with Crippen LogP contribution in [0.5, 0.6) is 5.75 Å². The molecule has 0 bridgehead atoms. The van der Waals surface area contributed by atoms with E-state index in [1.807, 2.05) is 0 Å². The molecular weight excluding hydrogens is 606 g/mol. The van der Waals surface area contributed by atoms with Crippen molar-refractivity contribution in [2.24, 2.45) is 5.92 Å². The van der Waals surface area contributed by atoms with Crippen LogP contribution in [-0.2, 0) is 11.2 Å². The lowest BCUT2D eigenvalue weighted by molar-refractivity contribution is -0.117. The quantitative estimate of drug-likeness (QED) is 0.220. The van der Waals surface area contributed by atoms with E-state index in [2.05, 4.69) is 21.2 Å². The highest BCUT2D eigenvalue weighted by atomic mass is 79.9.